The molecule has 0 saturated carbocycles. The zero-order valence-corrected chi connectivity index (χ0v) is 13.1. The Bertz CT molecular complexity index is 570. The lowest BCUT2D eigenvalue weighted by molar-refractivity contribution is -0.116. The smallest absolute Gasteiger partial charge is 0.226 e. The van der Waals surface area contributed by atoms with Crippen molar-refractivity contribution >= 4 is 22.9 Å². The van der Waals surface area contributed by atoms with Crippen molar-refractivity contribution in [3.8, 4) is 0 Å². The number of nitrogens with zero attached hydrogens (tertiary/aromatic N) is 1. The van der Waals surface area contributed by atoms with Crippen LogP contribution in [0.3, 0.4) is 0 Å². The molecule has 22 heavy (non-hydrogen) atoms. The van der Waals surface area contributed by atoms with Gasteiger partial charge in [0.05, 0.1) is 11.0 Å². The molecule has 0 unspecified atom stereocenters. The van der Waals surface area contributed by atoms with Gasteiger partial charge in [-0.1, -0.05) is 43.9 Å². The summed E-state index contributed by atoms with van der Waals surface area (Å²) in [7, 11) is 0. The van der Waals surface area contributed by atoms with Crippen molar-refractivity contribution in [2.24, 2.45) is 0 Å². The molecule has 0 aliphatic heterocycles. The van der Waals surface area contributed by atoms with Gasteiger partial charge in [0.1, 0.15) is 0 Å². The lowest BCUT2D eigenvalue weighted by Gasteiger charge is -2.02. The Kier molecular flexibility index (Phi) is 6.68. The van der Waals surface area contributed by atoms with Gasteiger partial charge in [0.15, 0.2) is 0 Å². The van der Waals surface area contributed by atoms with E-state index in [-0.39, 0.29) is 5.91 Å². The van der Waals surface area contributed by atoms with Crippen molar-refractivity contribution in [1.82, 2.24) is 9.97 Å². The standard InChI is InChI=1S/C18H25N3O/c1-2-3-4-5-6-7-8-9-14-17(22)21-18-19-15-12-10-11-13-16(15)20-18/h2,10-13H,1,3-9,14H2,(H2,19,20,21,22). The SMILES string of the molecule is C=CCCCCCCCCC(=O)Nc1nc2ccccc2[nH]1. The second-order valence-corrected chi connectivity index (χ2v) is 5.60. The zero-order chi connectivity index (χ0) is 15.6. The van der Waals surface area contributed by atoms with Gasteiger partial charge in [0.25, 0.3) is 0 Å². The molecule has 0 radical (unpaired) electrons. The molecule has 2 N–H and O–H groups in total. The molecule has 0 saturated heterocycles. The maximum atomic E-state index is 11.9. The van der Waals surface area contributed by atoms with Crippen LogP contribution in [0.5, 0.6) is 0 Å². The van der Waals surface area contributed by atoms with Crippen LogP contribution < -0.4 is 5.32 Å². The van der Waals surface area contributed by atoms with Gasteiger partial charge in [0, 0.05) is 6.42 Å². The first-order valence-electron chi connectivity index (χ1n) is 8.15. The van der Waals surface area contributed by atoms with Crippen LogP contribution in [0.4, 0.5) is 5.95 Å². The molecule has 2 rings (SSSR count). The third-order valence-electron chi connectivity index (χ3n) is 3.71. The molecule has 118 valence electrons. The summed E-state index contributed by atoms with van der Waals surface area (Å²) >= 11 is 0. The second-order valence-electron chi connectivity index (χ2n) is 5.60. The highest BCUT2D eigenvalue weighted by atomic mass is 16.1. The van der Waals surface area contributed by atoms with Crippen molar-refractivity contribution in [3.05, 3.63) is 36.9 Å². The number of nitrogens with one attached hydrogen (secondary N) is 2. The summed E-state index contributed by atoms with van der Waals surface area (Å²) in [6.45, 7) is 3.72. The van der Waals surface area contributed by atoms with E-state index in [4.69, 9.17) is 0 Å². The highest BCUT2D eigenvalue weighted by Crippen LogP contribution is 2.14. The van der Waals surface area contributed by atoms with Gasteiger partial charge in [-0.15, -0.1) is 6.58 Å². The Hall–Kier alpha value is -2.10. The number of allylic oxidation sites excluding steroid dienone is 1. The number of carbonyl (C=O) groups is 1. The molecule has 0 fully saturated rings. The molecular formula is C18H25N3O. The number of imidazole rings is 1. The van der Waals surface area contributed by atoms with Crippen LogP contribution in [-0.4, -0.2) is 15.9 Å². The van der Waals surface area contributed by atoms with E-state index in [1.807, 2.05) is 30.3 Å². The summed E-state index contributed by atoms with van der Waals surface area (Å²) < 4.78 is 0. The maximum absolute atomic E-state index is 11.9. The number of amides is 1. The highest BCUT2D eigenvalue weighted by Gasteiger charge is 2.06. The molecule has 0 atom stereocenters. The van der Waals surface area contributed by atoms with Crippen LogP contribution in [0.1, 0.15) is 51.4 Å². The van der Waals surface area contributed by atoms with Crippen LogP contribution in [0.25, 0.3) is 11.0 Å². The number of aromatic amines is 1. The molecule has 1 heterocycles. The van der Waals surface area contributed by atoms with Gasteiger partial charge in [-0.2, -0.15) is 0 Å². The summed E-state index contributed by atoms with van der Waals surface area (Å²) in [5.41, 5.74) is 1.81. The van der Waals surface area contributed by atoms with Crippen molar-refractivity contribution in [3.63, 3.8) is 0 Å². The fraction of sp³-hybridized carbons (Fsp3) is 0.444. The Morgan fingerprint density at radius 3 is 2.64 bits per heavy atom. The van der Waals surface area contributed by atoms with Crippen molar-refractivity contribution in [2.75, 3.05) is 5.32 Å². The quantitative estimate of drug-likeness (QED) is 0.488. The molecule has 0 bridgehead atoms. The number of hydrogen-bond donors (Lipinski definition) is 2. The summed E-state index contributed by atoms with van der Waals surface area (Å²) in [4.78, 5) is 19.3. The summed E-state index contributed by atoms with van der Waals surface area (Å²) in [6, 6.07) is 7.75. The number of rotatable bonds is 10. The van der Waals surface area contributed by atoms with Crippen LogP contribution in [0, 0.1) is 0 Å². The van der Waals surface area contributed by atoms with Crippen LogP contribution in [0.2, 0.25) is 0 Å². The van der Waals surface area contributed by atoms with Crippen LogP contribution >= 0.6 is 0 Å². The fourth-order valence-corrected chi connectivity index (χ4v) is 2.49. The van der Waals surface area contributed by atoms with Gasteiger partial charge in [-0.05, 0) is 31.4 Å². The minimum absolute atomic E-state index is 0.0331. The normalized spacial score (nSPS) is 10.7. The molecule has 1 aromatic carbocycles. The van der Waals surface area contributed by atoms with E-state index in [0.717, 1.165) is 30.3 Å². The number of anilines is 1. The van der Waals surface area contributed by atoms with Gasteiger partial charge < -0.3 is 4.98 Å². The van der Waals surface area contributed by atoms with Gasteiger partial charge in [-0.3, -0.25) is 10.1 Å². The van der Waals surface area contributed by atoms with E-state index >= 15 is 0 Å². The fourth-order valence-electron chi connectivity index (χ4n) is 2.49. The predicted octanol–water partition coefficient (Wildman–Crippen LogP) is 4.81. The van der Waals surface area contributed by atoms with Crippen LogP contribution in [-0.2, 0) is 4.79 Å². The predicted molar refractivity (Wildman–Crippen MR) is 91.9 cm³/mol. The Balaban J connectivity index is 1.60. The van der Waals surface area contributed by atoms with E-state index in [2.05, 4.69) is 21.9 Å². The number of aromatic nitrogens is 2. The summed E-state index contributed by atoms with van der Waals surface area (Å²) in [5.74, 6) is 0.571. The van der Waals surface area contributed by atoms with Crippen molar-refractivity contribution in [1.29, 1.82) is 0 Å². The molecule has 0 aliphatic rings. The number of carbonyl (C=O) groups excluding carboxylic acids is 1. The third-order valence-corrected chi connectivity index (χ3v) is 3.71. The van der Waals surface area contributed by atoms with Crippen molar-refractivity contribution in [2.45, 2.75) is 51.4 Å². The average molecular weight is 299 g/mol. The maximum Gasteiger partial charge on any atom is 0.226 e. The first kappa shape index (κ1) is 16.3. The van der Waals surface area contributed by atoms with Crippen LogP contribution in [0.15, 0.2) is 36.9 Å². The number of fused-ring (bicyclic) bond motifs is 1. The molecule has 4 heteroatoms. The third kappa shape index (κ3) is 5.35. The lowest BCUT2D eigenvalue weighted by atomic mass is 10.1. The minimum atomic E-state index is 0.0331. The number of benzene rings is 1. The largest absolute Gasteiger partial charge is 0.324 e. The van der Waals surface area contributed by atoms with Gasteiger partial charge >= 0.3 is 0 Å². The number of H-pyrrole nitrogens is 1. The lowest BCUT2D eigenvalue weighted by Crippen LogP contribution is -2.12. The second kappa shape index (κ2) is 9.03. The molecule has 4 nitrogen and oxygen atoms in total. The molecule has 0 aliphatic carbocycles. The Labute approximate surface area is 132 Å². The number of para-hydroxylation sites is 2. The van der Waals surface area contributed by atoms with E-state index < -0.39 is 0 Å². The molecule has 1 aromatic heterocycles. The molecular weight excluding hydrogens is 274 g/mol. The monoisotopic (exact) mass is 299 g/mol. The Morgan fingerprint density at radius 1 is 1.14 bits per heavy atom. The zero-order valence-electron chi connectivity index (χ0n) is 13.1. The number of hydrogen-bond acceptors (Lipinski definition) is 2. The van der Waals surface area contributed by atoms with E-state index in [1.54, 1.807) is 0 Å². The summed E-state index contributed by atoms with van der Waals surface area (Å²) in [6.07, 6.45) is 10.6. The topological polar surface area (TPSA) is 57.8 Å². The van der Waals surface area contributed by atoms with Crippen molar-refractivity contribution < 1.29 is 4.79 Å². The number of unbranched alkanes of at least 4 members (excludes halogenated alkanes) is 6. The van der Waals surface area contributed by atoms with E-state index in [0.29, 0.717) is 12.4 Å². The minimum Gasteiger partial charge on any atom is -0.324 e. The van der Waals surface area contributed by atoms with Gasteiger partial charge in [-0.25, -0.2) is 4.98 Å². The molecule has 1 amide bonds. The first-order valence-corrected chi connectivity index (χ1v) is 8.15. The van der Waals surface area contributed by atoms with E-state index in [1.165, 1.54) is 25.7 Å². The highest BCUT2D eigenvalue weighted by molar-refractivity contribution is 5.90. The summed E-state index contributed by atoms with van der Waals surface area (Å²) in [5, 5.41) is 2.83. The molecule has 0 spiro atoms. The van der Waals surface area contributed by atoms with Gasteiger partial charge in [0.2, 0.25) is 11.9 Å². The Morgan fingerprint density at radius 2 is 1.86 bits per heavy atom. The molecule has 2 aromatic rings. The average Bonchev–Trinajstić information content (AvgIpc) is 2.92. The van der Waals surface area contributed by atoms with E-state index in [9.17, 15) is 4.79 Å². The first-order chi connectivity index (χ1) is 10.8.